The summed E-state index contributed by atoms with van der Waals surface area (Å²) in [5.74, 6) is -0.201. The summed E-state index contributed by atoms with van der Waals surface area (Å²) in [6.45, 7) is 3.27. The van der Waals surface area contributed by atoms with Crippen LogP contribution in [0.2, 0.25) is 0 Å². The zero-order valence-corrected chi connectivity index (χ0v) is 17.2. The molecule has 1 aliphatic rings. The van der Waals surface area contributed by atoms with E-state index in [1.54, 1.807) is 6.07 Å². The molecule has 3 rings (SSSR count). The topological polar surface area (TPSA) is 66.5 Å². The third-order valence-corrected chi connectivity index (χ3v) is 6.78. The van der Waals surface area contributed by atoms with Gasteiger partial charge in [-0.05, 0) is 71.2 Å². The number of benzene rings is 2. The molecule has 2 aromatic carbocycles. The maximum absolute atomic E-state index is 12.8. The lowest BCUT2D eigenvalue weighted by molar-refractivity contribution is -0.137. The van der Waals surface area contributed by atoms with Crippen molar-refractivity contribution in [3.63, 3.8) is 0 Å². The summed E-state index contributed by atoms with van der Waals surface area (Å²) in [6.07, 6.45) is -3.91. The van der Waals surface area contributed by atoms with Crippen LogP contribution in [0.3, 0.4) is 0 Å². The standard InChI is InChI=1S/C18H16BrF3N2O3S/c1-10-7-12-8-15(19)17(9-16(12)24(10)11(2)25)28(26,27)23-14-5-3-13(4-6-14)18(20,21)22/h3-6,8-10,23H,7H2,1-2H3/t10-/m1/s1. The second-order valence-electron chi connectivity index (χ2n) is 6.53. The fraction of sp³-hybridized carbons (Fsp3) is 0.278. The normalized spacial score (nSPS) is 16.8. The van der Waals surface area contributed by atoms with Crippen LogP contribution in [-0.2, 0) is 27.4 Å². The van der Waals surface area contributed by atoms with Crippen LogP contribution < -0.4 is 9.62 Å². The number of carbonyl (C=O) groups excluding carboxylic acids is 1. The maximum atomic E-state index is 12.8. The molecule has 0 saturated heterocycles. The van der Waals surface area contributed by atoms with Crippen molar-refractivity contribution in [3.05, 3.63) is 52.0 Å². The van der Waals surface area contributed by atoms with Gasteiger partial charge in [0, 0.05) is 28.8 Å². The lowest BCUT2D eigenvalue weighted by Crippen LogP contribution is -2.33. The molecule has 0 saturated carbocycles. The van der Waals surface area contributed by atoms with Gasteiger partial charge in [-0.15, -0.1) is 0 Å². The monoisotopic (exact) mass is 476 g/mol. The predicted molar refractivity (Wildman–Crippen MR) is 103 cm³/mol. The molecule has 1 N–H and O–H groups in total. The van der Waals surface area contributed by atoms with Crippen LogP contribution in [0.1, 0.15) is 25.0 Å². The van der Waals surface area contributed by atoms with Crippen molar-refractivity contribution in [3.8, 4) is 0 Å². The highest BCUT2D eigenvalue weighted by atomic mass is 79.9. The minimum absolute atomic E-state index is 0.00260. The van der Waals surface area contributed by atoms with E-state index in [-0.39, 0.29) is 22.5 Å². The summed E-state index contributed by atoms with van der Waals surface area (Å²) in [5.41, 5.74) is 0.469. The third kappa shape index (κ3) is 3.88. The molecule has 150 valence electrons. The number of nitrogens with zero attached hydrogens (tertiary/aromatic N) is 1. The molecule has 0 aliphatic carbocycles. The van der Waals surface area contributed by atoms with Crippen LogP contribution in [-0.4, -0.2) is 20.4 Å². The van der Waals surface area contributed by atoms with Crippen LogP contribution in [0.4, 0.5) is 24.5 Å². The molecule has 1 aliphatic heterocycles. The minimum Gasteiger partial charge on any atom is -0.309 e. The first-order valence-electron chi connectivity index (χ1n) is 8.22. The zero-order valence-electron chi connectivity index (χ0n) is 14.8. The molecule has 1 heterocycles. The lowest BCUT2D eigenvalue weighted by atomic mass is 10.1. The molecule has 0 spiro atoms. The largest absolute Gasteiger partial charge is 0.416 e. The highest BCUT2D eigenvalue weighted by Crippen LogP contribution is 2.38. The molecule has 28 heavy (non-hydrogen) atoms. The second kappa shape index (κ2) is 7.07. The average Bonchev–Trinajstić information content (AvgIpc) is 2.88. The van der Waals surface area contributed by atoms with Crippen molar-refractivity contribution >= 4 is 43.2 Å². The molecule has 0 aromatic heterocycles. The van der Waals surface area contributed by atoms with Gasteiger partial charge in [0.1, 0.15) is 4.90 Å². The molecule has 0 radical (unpaired) electrons. The summed E-state index contributed by atoms with van der Waals surface area (Å²) >= 11 is 3.24. The van der Waals surface area contributed by atoms with E-state index in [1.165, 1.54) is 17.9 Å². The van der Waals surface area contributed by atoms with Crippen molar-refractivity contribution in [1.82, 2.24) is 0 Å². The van der Waals surface area contributed by atoms with E-state index in [9.17, 15) is 26.4 Å². The number of hydrogen-bond donors (Lipinski definition) is 1. The third-order valence-electron chi connectivity index (χ3n) is 4.44. The number of anilines is 2. The van der Waals surface area contributed by atoms with Crippen LogP contribution in [0.5, 0.6) is 0 Å². The van der Waals surface area contributed by atoms with Gasteiger partial charge in [-0.2, -0.15) is 13.2 Å². The van der Waals surface area contributed by atoms with Gasteiger partial charge in [-0.1, -0.05) is 0 Å². The molecule has 0 unspecified atom stereocenters. The smallest absolute Gasteiger partial charge is 0.309 e. The number of fused-ring (bicyclic) bond motifs is 1. The Hall–Kier alpha value is -2.07. The maximum Gasteiger partial charge on any atom is 0.416 e. The van der Waals surface area contributed by atoms with E-state index in [2.05, 4.69) is 20.7 Å². The van der Waals surface area contributed by atoms with E-state index >= 15 is 0 Å². The van der Waals surface area contributed by atoms with Gasteiger partial charge in [-0.25, -0.2) is 8.42 Å². The summed E-state index contributed by atoms with van der Waals surface area (Å²) in [7, 11) is -4.10. The van der Waals surface area contributed by atoms with Crippen molar-refractivity contribution < 1.29 is 26.4 Å². The van der Waals surface area contributed by atoms with E-state index in [1.807, 2.05) is 6.92 Å². The Morgan fingerprint density at radius 3 is 2.36 bits per heavy atom. The van der Waals surface area contributed by atoms with Gasteiger partial charge < -0.3 is 4.90 Å². The molecular weight excluding hydrogens is 461 g/mol. The molecule has 1 atom stereocenters. The Morgan fingerprint density at radius 2 is 1.82 bits per heavy atom. The zero-order chi connectivity index (χ0) is 20.9. The Balaban J connectivity index is 1.96. The molecule has 10 heteroatoms. The highest BCUT2D eigenvalue weighted by molar-refractivity contribution is 9.10. The molecule has 5 nitrogen and oxygen atoms in total. The summed E-state index contributed by atoms with van der Waals surface area (Å²) in [4.78, 5) is 13.3. The Kier molecular flexibility index (Phi) is 5.22. The van der Waals surface area contributed by atoms with Crippen LogP contribution in [0.15, 0.2) is 45.8 Å². The lowest BCUT2D eigenvalue weighted by Gasteiger charge is -2.21. The SMILES string of the molecule is CC(=O)N1c2cc(S(=O)(=O)Nc3ccc(C(F)(F)F)cc3)c(Br)cc2C[C@H]1C. The first kappa shape index (κ1) is 20.7. The number of amides is 1. The molecule has 2 aromatic rings. The number of sulfonamides is 1. The Morgan fingerprint density at radius 1 is 1.21 bits per heavy atom. The molecular formula is C18H16BrF3N2O3S. The van der Waals surface area contributed by atoms with Crippen molar-refractivity contribution in [2.75, 3.05) is 9.62 Å². The summed E-state index contributed by atoms with van der Waals surface area (Å²) in [5, 5.41) is 0. The summed E-state index contributed by atoms with van der Waals surface area (Å²) in [6, 6.07) is 6.65. The Bertz CT molecular complexity index is 1040. The van der Waals surface area contributed by atoms with Gasteiger partial charge in [-0.3, -0.25) is 9.52 Å². The van der Waals surface area contributed by atoms with Crippen LogP contribution in [0.25, 0.3) is 0 Å². The Labute approximate surface area is 168 Å². The van der Waals surface area contributed by atoms with Gasteiger partial charge in [0.2, 0.25) is 5.91 Å². The van der Waals surface area contributed by atoms with Gasteiger partial charge in [0.15, 0.2) is 0 Å². The first-order chi connectivity index (χ1) is 12.9. The fourth-order valence-electron chi connectivity index (χ4n) is 3.24. The summed E-state index contributed by atoms with van der Waals surface area (Å²) < 4.78 is 66.1. The minimum atomic E-state index is -4.51. The second-order valence-corrected chi connectivity index (χ2v) is 9.04. The van der Waals surface area contributed by atoms with Crippen molar-refractivity contribution in [1.29, 1.82) is 0 Å². The number of hydrogen-bond acceptors (Lipinski definition) is 3. The van der Waals surface area contributed by atoms with Gasteiger partial charge >= 0.3 is 6.18 Å². The number of alkyl halides is 3. The quantitative estimate of drug-likeness (QED) is 0.705. The van der Waals surface area contributed by atoms with E-state index < -0.39 is 21.8 Å². The van der Waals surface area contributed by atoms with Gasteiger partial charge in [0.25, 0.3) is 10.0 Å². The number of carbonyl (C=O) groups is 1. The average molecular weight is 477 g/mol. The number of halogens is 4. The van der Waals surface area contributed by atoms with Crippen LogP contribution in [0, 0.1) is 0 Å². The van der Waals surface area contributed by atoms with E-state index in [0.29, 0.717) is 16.6 Å². The van der Waals surface area contributed by atoms with Gasteiger partial charge in [0.05, 0.1) is 5.56 Å². The first-order valence-corrected chi connectivity index (χ1v) is 10.5. The molecule has 0 fully saturated rings. The van der Waals surface area contributed by atoms with Crippen molar-refractivity contribution in [2.45, 2.75) is 37.4 Å². The molecule has 1 amide bonds. The van der Waals surface area contributed by atoms with Crippen LogP contribution >= 0.6 is 15.9 Å². The van der Waals surface area contributed by atoms with E-state index in [0.717, 1.165) is 29.8 Å². The van der Waals surface area contributed by atoms with Crippen molar-refractivity contribution in [2.24, 2.45) is 0 Å². The highest BCUT2D eigenvalue weighted by Gasteiger charge is 2.32. The number of rotatable bonds is 3. The number of nitrogens with one attached hydrogen (secondary N) is 1. The fourth-order valence-corrected chi connectivity index (χ4v) is 5.41. The van der Waals surface area contributed by atoms with E-state index in [4.69, 9.17) is 0 Å². The predicted octanol–water partition coefficient (Wildman–Crippen LogP) is 4.57. The molecule has 0 bridgehead atoms.